The number of carbonyl (C=O) groups is 1. The molecule has 0 N–H and O–H groups in total. The first-order valence-corrected chi connectivity index (χ1v) is 10.6. The molecule has 0 fully saturated rings. The van der Waals surface area contributed by atoms with Gasteiger partial charge in [0.05, 0.1) is 38.2 Å². The van der Waals surface area contributed by atoms with Crippen molar-refractivity contribution in [2.45, 2.75) is 13.5 Å². The molecule has 0 unspecified atom stereocenters. The van der Waals surface area contributed by atoms with Gasteiger partial charge in [0.2, 0.25) is 0 Å². The van der Waals surface area contributed by atoms with Crippen LogP contribution in [-0.4, -0.2) is 45.0 Å². The van der Waals surface area contributed by atoms with Crippen LogP contribution in [0.25, 0.3) is 16.3 Å². The van der Waals surface area contributed by atoms with Crippen molar-refractivity contribution >= 4 is 33.5 Å². The van der Waals surface area contributed by atoms with Gasteiger partial charge >= 0.3 is 0 Å². The number of hydrogen-bond acceptors (Lipinski definition) is 6. The van der Waals surface area contributed by atoms with Crippen LogP contribution in [-0.2, 0) is 16.1 Å². The van der Waals surface area contributed by atoms with Crippen LogP contribution in [0.15, 0.2) is 47.5 Å². The number of methoxy groups -OCH3 is 3. The Morgan fingerprint density at radius 2 is 1.87 bits per heavy atom. The molecule has 0 aliphatic rings. The second kappa shape index (κ2) is 10.8. The number of fused-ring (bicyclic) bond motifs is 1. The van der Waals surface area contributed by atoms with Crippen molar-refractivity contribution in [2.24, 2.45) is 4.99 Å². The van der Waals surface area contributed by atoms with Gasteiger partial charge in [0.1, 0.15) is 5.75 Å². The predicted octanol–water partition coefficient (Wildman–Crippen LogP) is 3.91. The van der Waals surface area contributed by atoms with E-state index in [2.05, 4.69) is 4.99 Å². The van der Waals surface area contributed by atoms with Crippen molar-refractivity contribution < 1.29 is 23.7 Å². The molecule has 0 aliphatic carbocycles. The maximum atomic E-state index is 12.6. The Morgan fingerprint density at radius 1 is 1.06 bits per heavy atom. The number of hydrogen-bond donors (Lipinski definition) is 0. The smallest absolute Gasteiger partial charge is 0.272 e. The van der Waals surface area contributed by atoms with E-state index in [-0.39, 0.29) is 5.91 Å². The molecule has 0 bridgehead atoms. The Labute approximate surface area is 185 Å². The molecule has 164 valence electrons. The molecule has 3 aromatic rings. The summed E-state index contributed by atoms with van der Waals surface area (Å²) in [6.45, 7) is 3.73. The lowest BCUT2D eigenvalue weighted by Gasteiger charge is -2.07. The van der Waals surface area contributed by atoms with Gasteiger partial charge in [0.15, 0.2) is 16.3 Å². The molecule has 0 aliphatic heterocycles. The topological polar surface area (TPSA) is 71.3 Å². The highest BCUT2D eigenvalue weighted by Gasteiger charge is 2.09. The number of nitrogens with zero attached hydrogens (tertiary/aromatic N) is 2. The molecule has 1 aromatic heterocycles. The number of aromatic nitrogens is 1. The van der Waals surface area contributed by atoms with Crippen molar-refractivity contribution in [3.05, 3.63) is 52.8 Å². The van der Waals surface area contributed by atoms with Gasteiger partial charge in [-0.3, -0.25) is 4.79 Å². The highest BCUT2D eigenvalue weighted by Crippen LogP contribution is 2.28. The SMILES string of the molecule is CCOCCn1c(=NC(=O)/C=C\c2ccc(OC)c(OC)c2)sc2cc(OC)ccc21. The van der Waals surface area contributed by atoms with Crippen LogP contribution < -0.4 is 19.0 Å². The molecule has 0 saturated carbocycles. The standard InChI is InChI=1S/C23H26N2O5S/c1-5-30-13-12-25-18-9-8-17(27-2)15-21(18)31-23(25)24-22(26)11-7-16-6-10-19(28-3)20(14-16)29-4/h6-11,14-15H,5,12-13H2,1-4H3/b11-7-,24-23?. The summed E-state index contributed by atoms with van der Waals surface area (Å²) in [6.07, 6.45) is 3.15. The van der Waals surface area contributed by atoms with E-state index in [9.17, 15) is 4.79 Å². The lowest BCUT2D eigenvalue weighted by Crippen LogP contribution is -2.19. The van der Waals surface area contributed by atoms with Crippen LogP contribution in [0.2, 0.25) is 0 Å². The van der Waals surface area contributed by atoms with Crippen LogP contribution in [0.3, 0.4) is 0 Å². The van der Waals surface area contributed by atoms with E-state index in [0.29, 0.717) is 36.1 Å². The van der Waals surface area contributed by atoms with Gasteiger partial charge in [0.25, 0.3) is 5.91 Å². The quantitative estimate of drug-likeness (QED) is 0.371. The van der Waals surface area contributed by atoms with Crippen molar-refractivity contribution in [2.75, 3.05) is 34.5 Å². The van der Waals surface area contributed by atoms with E-state index in [1.165, 1.54) is 17.4 Å². The van der Waals surface area contributed by atoms with E-state index < -0.39 is 0 Å². The van der Waals surface area contributed by atoms with Crippen molar-refractivity contribution in [1.82, 2.24) is 4.57 Å². The van der Waals surface area contributed by atoms with E-state index in [4.69, 9.17) is 18.9 Å². The number of carbonyl (C=O) groups excluding carboxylic acids is 1. The predicted molar refractivity (Wildman–Crippen MR) is 122 cm³/mol. The fraction of sp³-hybridized carbons (Fsp3) is 0.304. The van der Waals surface area contributed by atoms with Crippen LogP contribution in [0, 0.1) is 0 Å². The molecular formula is C23H26N2O5S. The lowest BCUT2D eigenvalue weighted by atomic mass is 10.2. The minimum atomic E-state index is -0.349. The average Bonchev–Trinajstić information content (AvgIpc) is 3.13. The van der Waals surface area contributed by atoms with Crippen LogP contribution in [0.1, 0.15) is 12.5 Å². The zero-order valence-electron chi connectivity index (χ0n) is 18.1. The van der Waals surface area contributed by atoms with Gasteiger partial charge < -0.3 is 23.5 Å². The van der Waals surface area contributed by atoms with Crippen LogP contribution in [0.5, 0.6) is 17.2 Å². The molecule has 0 atom stereocenters. The van der Waals surface area contributed by atoms with Gasteiger partial charge in [-0.15, -0.1) is 0 Å². The molecule has 0 saturated heterocycles. The fourth-order valence-corrected chi connectivity index (χ4v) is 4.13. The normalized spacial score (nSPS) is 11.9. The maximum Gasteiger partial charge on any atom is 0.272 e. The average molecular weight is 443 g/mol. The minimum absolute atomic E-state index is 0.349. The first-order chi connectivity index (χ1) is 15.1. The molecule has 1 amide bonds. The Morgan fingerprint density at radius 3 is 2.58 bits per heavy atom. The van der Waals surface area contributed by atoms with Gasteiger partial charge in [-0.05, 0) is 48.9 Å². The summed E-state index contributed by atoms with van der Waals surface area (Å²) in [6, 6.07) is 11.3. The van der Waals surface area contributed by atoms with Crippen molar-refractivity contribution in [3.63, 3.8) is 0 Å². The first kappa shape index (κ1) is 22.6. The number of ether oxygens (including phenoxy) is 4. The zero-order valence-corrected chi connectivity index (χ0v) is 18.9. The minimum Gasteiger partial charge on any atom is -0.497 e. The molecule has 7 nitrogen and oxygen atoms in total. The molecular weight excluding hydrogens is 416 g/mol. The maximum absolute atomic E-state index is 12.6. The zero-order chi connectivity index (χ0) is 22.2. The van der Waals surface area contributed by atoms with E-state index in [1.807, 2.05) is 35.8 Å². The third-order valence-electron chi connectivity index (χ3n) is 4.59. The van der Waals surface area contributed by atoms with E-state index in [0.717, 1.165) is 21.5 Å². The number of rotatable bonds is 9. The van der Waals surface area contributed by atoms with Crippen LogP contribution in [0.4, 0.5) is 0 Å². The summed E-state index contributed by atoms with van der Waals surface area (Å²) in [5, 5.41) is 0. The number of benzene rings is 2. The molecule has 31 heavy (non-hydrogen) atoms. The lowest BCUT2D eigenvalue weighted by molar-refractivity contribution is -0.113. The summed E-state index contributed by atoms with van der Waals surface area (Å²) >= 11 is 1.44. The summed E-state index contributed by atoms with van der Waals surface area (Å²) in [5.74, 6) is 1.64. The summed E-state index contributed by atoms with van der Waals surface area (Å²) in [5.41, 5.74) is 1.80. The largest absolute Gasteiger partial charge is 0.497 e. The Kier molecular flexibility index (Phi) is 7.86. The molecule has 0 spiro atoms. The summed E-state index contributed by atoms with van der Waals surface area (Å²) in [4.78, 5) is 17.5. The molecule has 2 aromatic carbocycles. The van der Waals surface area contributed by atoms with Gasteiger partial charge in [-0.1, -0.05) is 17.4 Å². The number of thiazole rings is 1. The van der Waals surface area contributed by atoms with E-state index in [1.54, 1.807) is 39.5 Å². The number of amides is 1. The Hall–Kier alpha value is -3.10. The van der Waals surface area contributed by atoms with Gasteiger partial charge in [-0.2, -0.15) is 4.99 Å². The highest BCUT2D eigenvalue weighted by molar-refractivity contribution is 7.16. The monoisotopic (exact) mass is 442 g/mol. The third-order valence-corrected chi connectivity index (χ3v) is 5.63. The second-order valence-electron chi connectivity index (χ2n) is 6.46. The van der Waals surface area contributed by atoms with Crippen molar-refractivity contribution in [3.8, 4) is 17.2 Å². The van der Waals surface area contributed by atoms with Crippen LogP contribution >= 0.6 is 11.3 Å². The Bertz CT molecular complexity index is 1150. The fourth-order valence-electron chi connectivity index (χ4n) is 3.04. The molecule has 8 heteroatoms. The Balaban J connectivity index is 1.91. The summed E-state index contributed by atoms with van der Waals surface area (Å²) in [7, 11) is 4.78. The van der Waals surface area contributed by atoms with Gasteiger partial charge in [0, 0.05) is 19.2 Å². The van der Waals surface area contributed by atoms with E-state index >= 15 is 0 Å². The first-order valence-electron chi connectivity index (χ1n) is 9.83. The molecule has 3 rings (SSSR count). The summed E-state index contributed by atoms with van der Waals surface area (Å²) < 4.78 is 24.4. The molecule has 0 radical (unpaired) electrons. The van der Waals surface area contributed by atoms with Crippen molar-refractivity contribution in [1.29, 1.82) is 0 Å². The molecule has 1 heterocycles. The third kappa shape index (κ3) is 5.53. The highest BCUT2D eigenvalue weighted by atomic mass is 32.1. The second-order valence-corrected chi connectivity index (χ2v) is 7.47. The van der Waals surface area contributed by atoms with Gasteiger partial charge in [-0.25, -0.2) is 0 Å².